The fraction of sp³-hybridized carbons (Fsp3) is 0.400. The number of rotatable bonds is 4. The average molecular weight is 350 g/mol. The number of carbonyl (C=O) groups excluding carboxylic acids is 2. The topological polar surface area (TPSA) is 66.4 Å². The third kappa shape index (κ3) is 2.96. The third-order valence-corrected chi connectivity index (χ3v) is 5.44. The summed E-state index contributed by atoms with van der Waals surface area (Å²) >= 11 is 0. The maximum atomic E-state index is 12.6. The highest BCUT2D eigenvalue weighted by Crippen LogP contribution is 2.29. The second-order valence-corrected chi connectivity index (χ2v) is 6.95. The fourth-order valence-corrected chi connectivity index (χ4v) is 3.55. The van der Waals surface area contributed by atoms with Crippen molar-refractivity contribution in [2.24, 2.45) is 0 Å². The molecule has 0 spiro atoms. The van der Waals surface area contributed by atoms with Gasteiger partial charge in [0.15, 0.2) is 0 Å². The summed E-state index contributed by atoms with van der Waals surface area (Å²) in [6, 6.07) is 9.82. The van der Waals surface area contributed by atoms with Crippen molar-refractivity contribution in [3.05, 3.63) is 48.4 Å². The Bertz CT molecular complexity index is 802. The normalized spacial score (nSPS) is 19.4. The molecule has 1 saturated heterocycles. The minimum atomic E-state index is -0.426. The lowest BCUT2D eigenvalue weighted by Gasteiger charge is -2.43. The Morgan fingerprint density at radius 3 is 2.38 bits per heavy atom. The van der Waals surface area contributed by atoms with E-state index >= 15 is 0 Å². The van der Waals surface area contributed by atoms with Gasteiger partial charge in [-0.2, -0.15) is 0 Å². The Hall–Kier alpha value is -2.76. The molecule has 1 atom stereocenters. The van der Waals surface area contributed by atoms with Gasteiger partial charge in [0.2, 0.25) is 0 Å². The zero-order valence-electron chi connectivity index (χ0n) is 14.8. The molecule has 2 aromatic rings. The van der Waals surface area contributed by atoms with Gasteiger partial charge in [-0.05, 0) is 26.2 Å². The van der Waals surface area contributed by atoms with Crippen LogP contribution in [0.3, 0.4) is 0 Å². The minimum absolute atomic E-state index is 0.258. The molecule has 2 heterocycles. The molecule has 2 aliphatic rings. The highest BCUT2D eigenvalue weighted by molar-refractivity contribution is 6.35. The van der Waals surface area contributed by atoms with Crippen LogP contribution < -0.4 is 0 Å². The first kappa shape index (κ1) is 16.7. The summed E-state index contributed by atoms with van der Waals surface area (Å²) in [5.74, 6) is -0.800. The molecular formula is C20H22N4O2. The van der Waals surface area contributed by atoms with Crippen LogP contribution in [0, 0.1) is 0 Å². The number of aromatic nitrogens is 2. The molecule has 1 aromatic carbocycles. The van der Waals surface area contributed by atoms with Crippen LogP contribution in [0.4, 0.5) is 0 Å². The molecule has 6 nitrogen and oxygen atoms in total. The second kappa shape index (κ2) is 6.86. The van der Waals surface area contributed by atoms with Crippen molar-refractivity contribution >= 4 is 11.8 Å². The first-order valence-electron chi connectivity index (χ1n) is 9.14. The van der Waals surface area contributed by atoms with Crippen LogP contribution in [0.2, 0.25) is 0 Å². The van der Waals surface area contributed by atoms with Crippen LogP contribution in [0.1, 0.15) is 37.9 Å². The molecule has 1 saturated carbocycles. The van der Waals surface area contributed by atoms with Crippen LogP contribution >= 0.6 is 0 Å². The number of benzene rings is 1. The minimum Gasteiger partial charge on any atom is -0.330 e. The lowest BCUT2D eigenvalue weighted by Crippen LogP contribution is -2.59. The molecule has 0 N–H and O–H groups in total. The highest BCUT2D eigenvalue weighted by Gasteiger charge is 2.40. The molecule has 26 heavy (non-hydrogen) atoms. The predicted molar refractivity (Wildman–Crippen MR) is 96.9 cm³/mol. The van der Waals surface area contributed by atoms with Crippen molar-refractivity contribution in [1.29, 1.82) is 0 Å². The number of nitrogens with zero attached hydrogens (tertiary/aromatic N) is 4. The van der Waals surface area contributed by atoms with Crippen LogP contribution in [0.15, 0.2) is 42.7 Å². The van der Waals surface area contributed by atoms with E-state index in [0.717, 1.165) is 30.5 Å². The molecule has 0 bridgehead atoms. The van der Waals surface area contributed by atoms with E-state index in [1.807, 2.05) is 37.3 Å². The molecule has 2 fully saturated rings. The first-order chi connectivity index (χ1) is 12.6. The summed E-state index contributed by atoms with van der Waals surface area (Å²) < 4.78 is 0. The van der Waals surface area contributed by atoms with Gasteiger partial charge in [0, 0.05) is 24.7 Å². The van der Waals surface area contributed by atoms with Crippen molar-refractivity contribution in [2.75, 3.05) is 13.1 Å². The highest BCUT2D eigenvalue weighted by atomic mass is 16.2. The summed E-state index contributed by atoms with van der Waals surface area (Å²) in [6.07, 6.45) is 6.59. The molecule has 2 amide bonds. The van der Waals surface area contributed by atoms with E-state index in [4.69, 9.17) is 0 Å². The lowest BCUT2D eigenvalue weighted by molar-refractivity contribution is -0.160. The molecule has 4 rings (SSSR count). The van der Waals surface area contributed by atoms with Crippen molar-refractivity contribution in [2.45, 2.75) is 38.3 Å². The Kier molecular flexibility index (Phi) is 4.41. The summed E-state index contributed by atoms with van der Waals surface area (Å²) in [7, 11) is 0. The second-order valence-electron chi connectivity index (χ2n) is 6.95. The van der Waals surface area contributed by atoms with Gasteiger partial charge in [-0.1, -0.05) is 30.3 Å². The standard InChI is InChI=1S/C20H22N4O2/c1-14(17-12-22-18(13-21-17)15-6-3-2-4-7-15)23-10-11-24(16-8-5-9-16)20(26)19(23)25/h2-4,6-7,12-14,16H,5,8-11H2,1H3. The Labute approximate surface area is 152 Å². The largest absolute Gasteiger partial charge is 0.330 e. The third-order valence-electron chi connectivity index (χ3n) is 5.44. The summed E-state index contributed by atoms with van der Waals surface area (Å²) in [4.78, 5) is 37.3. The van der Waals surface area contributed by atoms with Gasteiger partial charge in [0.1, 0.15) is 0 Å². The Balaban J connectivity index is 1.48. The van der Waals surface area contributed by atoms with Gasteiger partial charge >= 0.3 is 11.8 Å². The van der Waals surface area contributed by atoms with Gasteiger partial charge in [-0.15, -0.1) is 0 Å². The van der Waals surface area contributed by atoms with Crippen LogP contribution in [-0.4, -0.2) is 50.7 Å². The van der Waals surface area contributed by atoms with E-state index < -0.39 is 5.91 Å². The smallest absolute Gasteiger partial charge is 0.312 e. The first-order valence-corrected chi connectivity index (χ1v) is 9.14. The van der Waals surface area contributed by atoms with Gasteiger partial charge in [0.25, 0.3) is 0 Å². The quantitative estimate of drug-likeness (QED) is 0.795. The molecule has 1 aliphatic carbocycles. The molecule has 1 aromatic heterocycles. The van der Waals surface area contributed by atoms with E-state index in [-0.39, 0.29) is 18.0 Å². The van der Waals surface area contributed by atoms with Crippen molar-refractivity contribution in [3.8, 4) is 11.3 Å². The summed E-state index contributed by atoms with van der Waals surface area (Å²) in [5.41, 5.74) is 2.49. The van der Waals surface area contributed by atoms with E-state index in [1.54, 1.807) is 22.2 Å². The number of carbonyl (C=O) groups is 2. The number of hydrogen-bond acceptors (Lipinski definition) is 4. The van der Waals surface area contributed by atoms with Crippen LogP contribution in [-0.2, 0) is 9.59 Å². The summed E-state index contributed by atoms with van der Waals surface area (Å²) in [6.45, 7) is 3.05. The van der Waals surface area contributed by atoms with Gasteiger partial charge in [-0.25, -0.2) is 0 Å². The molecule has 1 aliphatic heterocycles. The predicted octanol–water partition coefficient (Wildman–Crippen LogP) is 2.43. The summed E-state index contributed by atoms with van der Waals surface area (Å²) in [5, 5.41) is 0. The maximum Gasteiger partial charge on any atom is 0.312 e. The molecular weight excluding hydrogens is 328 g/mol. The van der Waals surface area contributed by atoms with Gasteiger partial charge < -0.3 is 9.80 Å². The lowest BCUT2D eigenvalue weighted by atomic mass is 9.91. The van der Waals surface area contributed by atoms with Gasteiger partial charge in [-0.3, -0.25) is 19.6 Å². The van der Waals surface area contributed by atoms with Crippen molar-refractivity contribution < 1.29 is 9.59 Å². The van der Waals surface area contributed by atoms with Gasteiger partial charge in [0.05, 0.1) is 29.8 Å². The number of piperazine rings is 1. The molecule has 1 unspecified atom stereocenters. The van der Waals surface area contributed by atoms with Crippen LogP contribution in [0.25, 0.3) is 11.3 Å². The SMILES string of the molecule is CC(c1cnc(-c2ccccc2)cn1)N1CCN(C2CCC2)C(=O)C1=O. The monoisotopic (exact) mass is 350 g/mol. The zero-order valence-corrected chi connectivity index (χ0v) is 14.8. The zero-order chi connectivity index (χ0) is 18.1. The molecule has 134 valence electrons. The Morgan fingerprint density at radius 2 is 1.77 bits per heavy atom. The van der Waals surface area contributed by atoms with E-state index in [2.05, 4.69) is 9.97 Å². The van der Waals surface area contributed by atoms with E-state index in [9.17, 15) is 9.59 Å². The maximum absolute atomic E-state index is 12.6. The molecule has 0 radical (unpaired) electrons. The van der Waals surface area contributed by atoms with E-state index in [1.165, 1.54) is 0 Å². The number of hydrogen-bond donors (Lipinski definition) is 0. The van der Waals surface area contributed by atoms with Crippen LogP contribution in [0.5, 0.6) is 0 Å². The fourth-order valence-electron chi connectivity index (χ4n) is 3.55. The van der Waals surface area contributed by atoms with E-state index in [0.29, 0.717) is 18.8 Å². The Morgan fingerprint density at radius 1 is 1.00 bits per heavy atom. The van der Waals surface area contributed by atoms with Crippen molar-refractivity contribution in [1.82, 2.24) is 19.8 Å². The molecule has 6 heteroatoms. The number of amides is 2. The average Bonchev–Trinajstić information content (AvgIpc) is 2.64. The van der Waals surface area contributed by atoms with Crippen molar-refractivity contribution in [3.63, 3.8) is 0 Å².